The van der Waals surface area contributed by atoms with Crippen LogP contribution in [0.15, 0.2) is 42.5 Å². The lowest BCUT2D eigenvalue weighted by Gasteiger charge is -2.28. The Morgan fingerprint density at radius 3 is 2.56 bits per heavy atom. The molecule has 0 spiro atoms. The smallest absolute Gasteiger partial charge is 0.167 e. The van der Waals surface area contributed by atoms with Crippen LogP contribution in [0.3, 0.4) is 0 Å². The first-order chi connectivity index (χ1) is 13.2. The second kappa shape index (κ2) is 11.2. The molecule has 1 atom stereocenters. The molecule has 0 amide bonds. The van der Waals surface area contributed by atoms with E-state index in [1.807, 2.05) is 44.4 Å². The van der Waals surface area contributed by atoms with Gasteiger partial charge in [0.25, 0.3) is 0 Å². The van der Waals surface area contributed by atoms with Gasteiger partial charge in [0, 0.05) is 31.3 Å². The van der Waals surface area contributed by atoms with Gasteiger partial charge in [-0.25, -0.2) is 0 Å². The van der Waals surface area contributed by atoms with Gasteiger partial charge in [0.05, 0.1) is 0 Å². The van der Waals surface area contributed by atoms with Crippen LogP contribution < -0.4 is 20.1 Å². The Morgan fingerprint density at radius 2 is 1.93 bits per heavy atom. The van der Waals surface area contributed by atoms with Crippen molar-refractivity contribution in [2.75, 3.05) is 26.0 Å². The van der Waals surface area contributed by atoms with Gasteiger partial charge in [-0.3, -0.25) is 0 Å². The highest BCUT2D eigenvalue weighted by Gasteiger charge is 2.23. The molecule has 1 unspecified atom stereocenters. The molecule has 27 heavy (non-hydrogen) atoms. The largest absolute Gasteiger partial charge is 0.486 e. The third kappa shape index (κ3) is 6.00. The zero-order valence-electron chi connectivity index (χ0n) is 16.5. The second-order valence-electron chi connectivity index (χ2n) is 6.35. The van der Waals surface area contributed by atoms with Gasteiger partial charge in [0.2, 0.25) is 0 Å². The van der Waals surface area contributed by atoms with Gasteiger partial charge in [0.1, 0.15) is 19.0 Å². The number of carbonyl (C=O) groups is 1. The molecule has 3 rings (SSSR count). The highest BCUT2D eigenvalue weighted by atomic mass is 16.6. The minimum absolute atomic E-state index is 0.0968. The van der Waals surface area contributed by atoms with Gasteiger partial charge in [-0.1, -0.05) is 37.3 Å². The van der Waals surface area contributed by atoms with Crippen molar-refractivity contribution < 1.29 is 14.3 Å². The van der Waals surface area contributed by atoms with Crippen LogP contribution in [-0.4, -0.2) is 33.1 Å². The van der Waals surface area contributed by atoms with Crippen LogP contribution in [0.1, 0.15) is 30.9 Å². The fourth-order valence-corrected chi connectivity index (χ4v) is 2.92. The summed E-state index contributed by atoms with van der Waals surface area (Å²) in [7, 11) is 3.82. The van der Waals surface area contributed by atoms with E-state index < -0.39 is 0 Å². The van der Waals surface area contributed by atoms with E-state index in [0.29, 0.717) is 19.4 Å². The quantitative estimate of drug-likeness (QED) is 0.726. The molecule has 146 valence electrons. The van der Waals surface area contributed by atoms with E-state index in [1.54, 1.807) is 0 Å². The predicted octanol–water partition coefficient (Wildman–Crippen LogP) is 3.82. The molecule has 0 bridgehead atoms. The Kier molecular flexibility index (Phi) is 8.65. The lowest BCUT2D eigenvalue weighted by molar-refractivity contribution is -0.107. The Hall–Kier alpha value is -2.53. The average Bonchev–Trinajstić information content (AvgIpc) is 2.73. The van der Waals surface area contributed by atoms with Gasteiger partial charge >= 0.3 is 0 Å². The maximum absolute atomic E-state index is 10.6. The van der Waals surface area contributed by atoms with Crippen molar-refractivity contribution in [1.82, 2.24) is 5.32 Å². The first kappa shape index (κ1) is 20.8. The molecule has 5 heteroatoms. The summed E-state index contributed by atoms with van der Waals surface area (Å²) in [6.45, 7) is 3.63. The first-order valence-corrected chi connectivity index (χ1v) is 9.48. The second-order valence-corrected chi connectivity index (χ2v) is 6.35. The van der Waals surface area contributed by atoms with Crippen LogP contribution in [0, 0.1) is 0 Å². The number of anilines is 1. The molecule has 2 N–H and O–H groups in total. The van der Waals surface area contributed by atoms with E-state index in [0.717, 1.165) is 42.0 Å². The summed E-state index contributed by atoms with van der Waals surface area (Å²) in [5.41, 5.74) is 3.36. The van der Waals surface area contributed by atoms with Gasteiger partial charge in [-0.2, -0.15) is 0 Å². The molecule has 0 radical (unpaired) electrons. The van der Waals surface area contributed by atoms with E-state index in [9.17, 15) is 4.79 Å². The van der Waals surface area contributed by atoms with Crippen molar-refractivity contribution in [2.45, 2.75) is 38.8 Å². The molecule has 5 nitrogen and oxygen atoms in total. The molecule has 1 aliphatic heterocycles. The highest BCUT2D eigenvalue weighted by Crippen LogP contribution is 2.40. The minimum atomic E-state index is 0.0968. The van der Waals surface area contributed by atoms with Crippen LogP contribution in [0.4, 0.5) is 5.69 Å². The SMILES string of the molecule is CCC1COc2ccc(NC)c(CCC=O)c2O1.CNCc1ccccc1. The first-order valence-electron chi connectivity index (χ1n) is 9.48. The lowest BCUT2D eigenvalue weighted by Crippen LogP contribution is -2.29. The molecule has 0 fully saturated rings. The average molecular weight is 370 g/mol. The monoisotopic (exact) mass is 370 g/mol. The topological polar surface area (TPSA) is 59.6 Å². The van der Waals surface area contributed by atoms with E-state index in [-0.39, 0.29) is 6.10 Å². The Morgan fingerprint density at radius 1 is 1.15 bits per heavy atom. The van der Waals surface area contributed by atoms with Crippen molar-refractivity contribution in [3.8, 4) is 11.5 Å². The zero-order valence-corrected chi connectivity index (χ0v) is 16.5. The summed E-state index contributed by atoms with van der Waals surface area (Å²) >= 11 is 0. The summed E-state index contributed by atoms with van der Waals surface area (Å²) in [4.78, 5) is 10.6. The molecular weight excluding hydrogens is 340 g/mol. The third-order valence-electron chi connectivity index (χ3n) is 4.39. The normalized spacial score (nSPS) is 14.7. The summed E-state index contributed by atoms with van der Waals surface area (Å²) < 4.78 is 11.7. The third-order valence-corrected chi connectivity index (χ3v) is 4.39. The van der Waals surface area contributed by atoms with Crippen molar-refractivity contribution in [3.63, 3.8) is 0 Å². The van der Waals surface area contributed by atoms with Gasteiger partial charge in [0.15, 0.2) is 11.5 Å². The number of rotatable bonds is 7. The van der Waals surface area contributed by atoms with E-state index in [2.05, 4.69) is 29.7 Å². The van der Waals surface area contributed by atoms with Crippen LogP contribution in [-0.2, 0) is 17.8 Å². The number of fused-ring (bicyclic) bond motifs is 1. The number of aldehydes is 1. The van der Waals surface area contributed by atoms with E-state index in [4.69, 9.17) is 9.47 Å². The van der Waals surface area contributed by atoms with Crippen LogP contribution in [0.25, 0.3) is 0 Å². The molecule has 2 aromatic carbocycles. The molecule has 0 aliphatic carbocycles. The fourth-order valence-electron chi connectivity index (χ4n) is 2.92. The van der Waals surface area contributed by atoms with Crippen molar-refractivity contribution >= 4 is 12.0 Å². The molecule has 1 heterocycles. The fraction of sp³-hybridized carbons (Fsp3) is 0.409. The Labute approximate surface area is 162 Å². The predicted molar refractivity (Wildman–Crippen MR) is 110 cm³/mol. The molecule has 0 aromatic heterocycles. The number of carbonyl (C=O) groups excluding carboxylic acids is 1. The standard InChI is InChI=1S/C14H19NO3.C8H11N/c1-3-10-9-17-13-7-6-12(15-2)11(5-4-8-16)14(13)18-10;1-9-7-8-5-3-2-4-6-8/h6-8,10,15H,3-5,9H2,1-2H3;2-6,9H,7H2,1H3. The van der Waals surface area contributed by atoms with Gasteiger partial charge in [-0.15, -0.1) is 0 Å². The lowest BCUT2D eigenvalue weighted by atomic mass is 10.0. The Bertz CT molecular complexity index is 704. The van der Waals surface area contributed by atoms with Crippen molar-refractivity contribution in [3.05, 3.63) is 53.6 Å². The summed E-state index contributed by atoms with van der Waals surface area (Å²) in [6.07, 6.45) is 3.10. The molecule has 2 aromatic rings. The molecule has 1 aliphatic rings. The van der Waals surface area contributed by atoms with Crippen LogP contribution in [0.2, 0.25) is 0 Å². The molecule has 0 saturated carbocycles. The summed E-state index contributed by atoms with van der Waals surface area (Å²) in [5, 5.41) is 6.22. The molecular formula is C22H30N2O3. The van der Waals surface area contributed by atoms with E-state index in [1.165, 1.54) is 5.56 Å². The number of nitrogens with one attached hydrogen (secondary N) is 2. The Balaban J connectivity index is 0.000000244. The van der Waals surface area contributed by atoms with Crippen molar-refractivity contribution in [1.29, 1.82) is 0 Å². The van der Waals surface area contributed by atoms with Gasteiger partial charge in [-0.05, 0) is 37.6 Å². The van der Waals surface area contributed by atoms with Crippen LogP contribution in [0.5, 0.6) is 11.5 Å². The number of hydrogen-bond acceptors (Lipinski definition) is 5. The highest BCUT2D eigenvalue weighted by molar-refractivity contribution is 5.64. The molecule has 0 saturated heterocycles. The maximum Gasteiger partial charge on any atom is 0.167 e. The van der Waals surface area contributed by atoms with Crippen molar-refractivity contribution in [2.24, 2.45) is 0 Å². The number of ether oxygens (including phenoxy) is 2. The van der Waals surface area contributed by atoms with Crippen LogP contribution >= 0.6 is 0 Å². The maximum atomic E-state index is 10.6. The van der Waals surface area contributed by atoms with E-state index >= 15 is 0 Å². The number of benzene rings is 2. The summed E-state index contributed by atoms with van der Waals surface area (Å²) in [6, 6.07) is 14.2. The van der Waals surface area contributed by atoms with Gasteiger partial charge < -0.3 is 24.9 Å². The number of hydrogen-bond donors (Lipinski definition) is 2. The minimum Gasteiger partial charge on any atom is -0.486 e. The summed E-state index contributed by atoms with van der Waals surface area (Å²) in [5.74, 6) is 1.57. The zero-order chi connectivity index (χ0) is 19.5.